The molecule has 2 N–H and O–H groups in total. The molecule has 3 rings (SSSR count). The number of methoxy groups -OCH3 is 2. The number of nitrogens with one attached hydrogen (secondary N) is 2. The second-order valence-corrected chi connectivity index (χ2v) is 5.85. The molecule has 0 saturated heterocycles. The van der Waals surface area contributed by atoms with Crippen molar-refractivity contribution in [3.63, 3.8) is 0 Å². The van der Waals surface area contributed by atoms with Gasteiger partial charge in [-0.3, -0.25) is 5.10 Å². The van der Waals surface area contributed by atoms with E-state index in [1.54, 1.807) is 20.4 Å². The third-order valence-electron chi connectivity index (χ3n) is 3.83. The maximum absolute atomic E-state index is 5.34. The summed E-state index contributed by atoms with van der Waals surface area (Å²) in [5.41, 5.74) is 1.97. The molecule has 136 valence electrons. The Balaban J connectivity index is 1.73. The van der Waals surface area contributed by atoms with Crippen LogP contribution in [0, 0.1) is 0 Å². The maximum atomic E-state index is 5.34. The van der Waals surface area contributed by atoms with Gasteiger partial charge in [-0.2, -0.15) is 4.98 Å². The van der Waals surface area contributed by atoms with E-state index < -0.39 is 0 Å². The van der Waals surface area contributed by atoms with Crippen molar-refractivity contribution in [1.82, 2.24) is 20.2 Å². The molecule has 0 aliphatic heterocycles. The van der Waals surface area contributed by atoms with Crippen LogP contribution in [0.1, 0.15) is 5.56 Å². The van der Waals surface area contributed by atoms with Gasteiger partial charge in [0.05, 0.1) is 14.2 Å². The number of hydrogen-bond donors (Lipinski definition) is 2. The summed E-state index contributed by atoms with van der Waals surface area (Å²) in [4.78, 5) is 10.7. The molecular formula is C18H22N6O2. The zero-order chi connectivity index (χ0) is 18.5. The zero-order valence-electron chi connectivity index (χ0n) is 15.3. The van der Waals surface area contributed by atoms with Gasteiger partial charge in [-0.15, -0.1) is 5.10 Å². The minimum atomic E-state index is 0.607. The number of pyridine rings is 1. The molecule has 0 amide bonds. The number of hydrogen-bond acceptors (Lipinski definition) is 7. The fourth-order valence-corrected chi connectivity index (χ4v) is 2.44. The number of rotatable bonds is 7. The summed E-state index contributed by atoms with van der Waals surface area (Å²) < 4.78 is 10.6. The molecule has 2 aromatic heterocycles. The first kappa shape index (κ1) is 17.5. The Kier molecular flexibility index (Phi) is 5.21. The van der Waals surface area contributed by atoms with E-state index in [0.717, 1.165) is 16.9 Å². The topological polar surface area (TPSA) is 88.2 Å². The average molecular weight is 354 g/mol. The van der Waals surface area contributed by atoms with E-state index in [9.17, 15) is 0 Å². The fourth-order valence-electron chi connectivity index (χ4n) is 2.44. The van der Waals surface area contributed by atoms with Crippen LogP contribution in [0.4, 0.5) is 11.8 Å². The number of ether oxygens (including phenoxy) is 2. The molecule has 0 unspecified atom stereocenters. The van der Waals surface area contributed by atoms with Crippen LogP contribution in [0.25, 0.3) is 11.4 Å². The van der Waals surface area contributed by atoms with E-state index in [1.807, 2.05) is 49.3 Å². The molecule has 0 bridgehead atoms. The van der Waals surface area contributed by atoms with Crippen molar-refractivity contribution in [2.45, 2.75) is 6.54 Å². The standard InChI is InChI=1S/C18H22N6O2/c1-24(2)18-21-17(22-23-18)13-7-8-19-16(10-13)20-11-12-5-6-14(25-3)15(9-12)26-4/h5-10H,11H2,1-4H3,(H,19,20)(H,21,22,23). The number of anilines is 2. The van der Waals surface area contributed by atoms with Crippen molar-refractivity contribution < 1.29 is 9.47 Å². The van der Waals surface area contributed by atoms with Crippen molar-refractivity contribution >= 4 is 11.8 Å². The molecule has 0 fully saturated rings. The fraction of sp³-hybridized carbons (Fsp3) is 0.278. The number of H-pyrrole nitrogens is 1. The van der Waals surface area contributed by atoms with E-state index >= 15 is 0 Å². The predicted octanol–water partition coefficient (Wildman–Crippen LogP) is 2.56. The van der Waals surface area contributed by atoms with Crippen molar-refractivity contribution in [3.8, 4) is 22.9 Å². The molecule has 0 spiro atoms. The summed E-state index contributed by atoms with van der Waals surface area (Å²) >= 11 is 0. The Morgan fingerprint density at radius 2 is 1.88 bits per heavy atom. The molecule has 0 saturated carbocycles. The van der Waals surface area contributed by atoms with E-state index in [-0.39, 0.29) is 0 Å². The molecule has 0 aliphatic rings. The lowest BCUT2D eigenvalue weighted by molar-refractivity contribution is 0.354. The quantitative estimate of drug-likeness (QED) is 0.674. The van der Waals surface area contributed by atoms with Crippen LogP contribution in [0.15, 0.2) is 36.5 Å². The first-order chi connectivity index (χ1) is 12.6. The second kappa shape index (κ2) is 7.73. The van der Waals surface area contributed by atoms with Gasteiger partial charge < -0.3 is 19.7 Å². The molecule has 3 aromatic rings. The minimum Gasteiger partial charge on any atom is -0.493 e. The van der Waals surface area contributed by atoms with Gasteiger partial charge >= 0.3 is 0 Å². The lowest BCUT2D eigenvalue weighted by atomic mass is 10.2. The van der Waals surface area contributed by atoms with Gasteiger partial charge in [0.25, 0.3) is 0 Å². The van der Waals surface area contributed by atoms with Crippen molar-refractivity contribution in [3.05, 3.63) is 42.1 Å². The van der Waals surface area contributed by atoms with Crippen LogP contribution < -0.4 is 19.7 Å². The van der Waals surface area contributed by atoms with Gasteiger partial charge in [-0.25, -0.2) is 4.98 Å². The van der Waals surface area contributed by atoms with Crippen LogP contribution in [-0.2, 0) is 6.54 Å². The Bertz CT molecular complexity index is 878. The molecule has 2 heterocycles. The molecule has 1 aromatic carbocycles. The van der Waals surface area contributed by atoms with Gasteiger partial charge in [0.15, 0.2) is 17.3 Å². The Morgan fingerprint density at radius 3 is 2.58 bits per heavy atom. The van der Waals surface area contributed by atoms with Gasteiger partial charge in [-0.05, 0) is 29.8 Å². The van der Waals surface area contributed by atoms with E-state index in [0.29, 0.717) is 29.8 Å². The summed E-state index contributed by atoms with van der Waals surface area (Å²) in [5.74, 6) is 3.49. The first-order valence-corrected chi connectivity index (χ1v) is 8.11. The van der Waals surface area contributed by atoms with E-state index in [4.69, 9.17) is 9.47 Å². The molecule has 26 heavy (non-hydrogen) atoms. The smallest absolute Gasteiger partial charge is 0.244 e. The highest BCUT2D eigenvalue weighted by molar-refractivity contribution is 5.60. The van der Waals surface area contributed by atoms with E-state index in [1.165, 1.54) is 0 Å². The molecule has 8 heteroatoms. The summed E-state index contributed by atoms with van der Waals surface area (Å²) in [6.45, 7) is 0.607. The molecule has 0 aliphatic carbocycles. The predicted molar refractivity (Wildman–Crippen MR) is 101 cm³/mol. The molecule has 8 nitrogen and oxygen atoms in total. The third-order valence-corrected chi connectivity index (χ3v) is 3.83. The van der Waals surface area contributed by atoms with E-state index in [2.05, 4.69) is 25.5 Å². The van der Waals surface area contributed by atoms with Crippen LogP contribution in [-0.4, -0.2) is 48.5 Å². The van der Waals surface area contributed by atoms with Crippen molar-refractivity contribution in [2.24, 2.45) is 0 Å². The maximum Gasteiger partial charge on any atom is 0.244 e. The van der Waals surface area contributed by atoms with Crippen LogP contribution in [0.5, 0.6) is 11.5 Å². The lowest BCUT2D eigenvalue weighted by Gasteiger charge is -2.11. The van der Waals surface area contributed by atoms with Crippen molar-refractivity contribution in [1.29, 1.82) is 0 Å². The zero-order valence-corrected chi connectivity index (χ0v) is 15.3. The molecule has 0 atom stereocenters. The number of nitrogens with zero attached hydrogens (tertiary/aromatic N) is 4. The van der Waals surface area contributed by atoms with Gasteiger partial charge in [0.2, 0.25) is 5.95 Å². The monoisotopic (exact) mass is 354 g/mol. The highest BCUT2D eigenvalue weighted by Gasteiger charge is 2.09. The lowest BCUT2D eigenvalue weighted by Crippen LogP contribution is -2.10. The van der Waals surface area contributed by atoms with Crippen LogP contribution in [0.2, 0.25) is 0 Å². The van der Waals surface area contributed by atoms with Crippen LogP contribution >= 0.6 is 0 Å². The average Bonchev–Trinajstić information content (AvgIpc) is 3.17. The van der Waals surface area contributed by atoms with Gasteiger partial charge in [0, 0.05) is 32.4 Å². The number of aromatic nitrogens is 4. The largest absolute Gasteiger partial charge is 0.493 e. The summed E-state index contributed by atoms with van der Waals surface area (Å²) in [6.07, 6.45) is 1.74. The molecule has 0 radical (unpaired) electrons. The Hall–Kier alpha value is -3.29. The first-order valence-electron chi connectivity index (χ1n) is 8.11. The summed E-state index contributed by atoms with van der Waals surface area (Å²) in [7, 11) is 7.04. The highest BCUT2D eigenvalue weighted by Crippen LogP contribution is 2.28. The molecular weight excluding hydrogens is 332 g/mol. The van der Waals surface area contributed by atoms with Crippen LogP contribution in [0.3, 0.4) is 0 Å². The summed E-state index contributed by atoms with van der Waals surface area (Å²) in [5, 5.41) is 10.4. The normalized spacial score (nSPS) is 10.5. The second-order valence-electron chi connectivity index (χ2n) is 5.85. The van der Waals surface area contributed by atoms with Gasteiger partial charge in [-0.1, -0.05) is 6.07 Å². The minimum absolute atomic E-state index is 0.607. The highest BCUT2D eigenvalue weighted by atomic mass is 16.5. The Labute approximate surface area is 152 Å². The SMILES string of the molecule is COc1ccc(CNc2cc(-c3nc(N(C)C)n[nH]3)ccn2)cc1OC. The number of aromatic amines is 1. The van der Waals surface area contributed by atoms with Crippen molar-refractivity contribution in [2.75, 3.05) is 38.5 Å². The van der Waals surface area contributed by atoms with Gasteiger partial charge in [0.1, 0.15) is 5.82 Å². The number of benzene rings is 1. The third kappa shape index (κ3) is 3.85. The summed E-state index contributed by atoms with van der Waals surface area (Å²) in [6, 6.07) is 9.63. The Morgan fingerprint density at radius 1 is 1.08 bits per heavy atom.